The second kappa shape index (κ2) is 7.25. The summed E-state index contributed by atoms with van der Waals surface area (Å²) in [6.07, 6.45) is 6.39. The van der Waals surface area contributed by atoms with Gasteiger partial charge in [-0.25, -0.2) is 9.97 Å². The van der Waals surface area contributed by atoms with Gasteiger partial charge in [0.05, 0.1) is 0 Å². The SMILES string of the molecule is Cc1ccccc1[C@@H]1CCN(CCNC(=O)c2cn3cccnc3n2)C1. The van der Waals surface area contributed by atoms with Gasteiger partial charge in [-0.1, -0.05) is 24.3 Å². The zero-order chi connectivity index (χ0) is 17.9. The van der Waals surface area contributed by atoms with Crippen LogP contribution in [0, 0.1) is 6.92 Å². The van der Waals surface area contributed by atoms with Crippen LogP contribution in [0.3, 0.4) is 0 Å². The first-order valence-corrected chi connectivity index (χ1v) is 9.06. The van der Waals surface area contributed by atoms with E-state index in [2.05, 4.69) is 51.4 Å². The van der Waals surface area contributed by atoms with Crippen LogP contribution in [-0.4, -0.2) is 51.4 Å². The zero-order valence-electron chi connectivity index (χ0n) is 14.9. The molecule has 1 amide bonds. The number of aryl methyl sites for hydroxylation is 1. The van der Waals surface area contributed by atoms with Crippen LogP contribution < -0.4 is 5.32 Å². The first-order valence-electron chi connectivity index (χ1n) is 9.06. The molecule has 1 aromatic carbocycles. The summed E-state index contributed by atoms with van der Waals surface area (Å²) in [7, 11) is 0. The molecule has 1 atom stereocenters. The number of fused-ring (bicyclic) bond motifs is 1. The molecule has 2 aromatic heterocycles. The van der Waals surface area contributed by atoms with Gasteiger partial charge in [-0.15, -0.1) is 0 Å². The maximum absolute atomic E-state index is 12.3. The highest BCUT2D eigenvalue weighted by atomic mass is 16.1. The Labute approximate surface area is 152 Å². The Morgan fingerprint density at radius 2 is 2.19 bits per heavy atom. The first kappa shape index (κ1) is 16.7. The molecule has 1 aliphatic heterocycles. The molecule has 4 rings (SSSR count). The van der Waals surface area contributed by atoms with E-state index in [-0.39, 0.29) is 5.91 Å². The van der Waals surface area contributed by atoms with Gasteiger partial charge in [-0.3, -0.25) is 9.20 Å². The van der Waals surface area contributed by atoms with Gasteiger partial charge in [-0.05, 0) is 43.0 Å². The van der Waals surface area contributed by atoms with Crippen molar-refractivity contribution in [1.82, 2.24) is 24.6 Å². The lowest BCUT2D eigenvalue weighted by Crippen LogP contribution is -2.34. The lowest BCUT2D eigenvalue weighted by atomic mass is 9.94. The monoisotopic (exact) mass is 349 g/mol. The molecule has 0 aliphatic carbocycles. The van der Waals surface area contributed by atoms with E-state index in [1.54, 1.807) is 16.8 Å². The van der Waals surface area contributed by atoms with Gasteiger partial charge in [0.25, 0.3) is 5.91 Å². The molecule has 26 heavy (non-hydrogen) atoms. The Balaban J connectivity index is 1.28. The molecule has 1 saturated heterocycles. The van der Waals surface area contributed by atoms with E-state index in [9.17, 15) is 4.79 Å². The number of aromatic nitrogens is 3. The van der Waals surface area contributed by atoms with Gasteiger partial charge < -0.3 is 10.2 Å². The molecular formula is C20H23N5O. The average Bonchev–Trinajstić information content (AvgIpc) is 3.29. The Bertz CT molecular complexity index is 886. The van der Waals surface area contributed by atoms with Crippen LogP contribution in [0.1, 0.15) is 34.0 Å². The van der Waals surface area contributed by atoms with Crippen LogP contribution in [0.2, 0.25) is 0 Å². The van der Waals surface area contributed by atoms with Crippen LogP contribution in [0.5, 0.6) is 0 Å². The Hall–Kier alpha value is -2.73. The second-order valence-corrected chi connectivity index (χ2v) is 6.85. The number of rotatable bonds is 5. The topological polar surface area (TPSA) is 62.5 Å². The number of hydrogen-bond donors (Lipinski definition) is 1. The fraction of sp³-hybridized carbons (Fsp3) is 0.350. The molecule has 0 unspecified atom stereocenters. The highest BCUT2D eigenvalue weighted by Crippen LogP contribution is 2.28. The predicted molar refractivity (Wildman–Crippen MR) is 100 cm³/mol. The van der Waals surface area contributed by atoms with Crippen LogP contribution in [0.15, 0.2) is 48.9 Å². The quantitative estimate of drug-likeness (QED) is 0.767. The van der Waals surface area contributed by atoms with E-state index in [4.69, 9.17) is 0 Å². The summed E-state index contributed by atoms with van der Waals surface area (Å²) < 4.78 is 1.75. The van der Waals surface area contributed by atoms with Crippen molar-refractivity contribution in [3.8, 4) is 0 Å². The van der Waals surface area contributed by atoms with Crippen molar-refractivity contribution in [2.75, 3.05) is 26.2 Å². The highest BCUT2D eigenvalue weighted by molar-refractivity contribution is 5.92. The lowest BCUT2D eigenvalue weighted by Gasteiger charge is -2.17. The standard InChI is InChI=1S/C20H23N5O/c1-15-5-2-3-6-17(15)16-7-11-24(13-16)12-9-21-19(26)18-14-25-10-4-8-22-20(25)23-18/h2-6,8,10,14,16H,7,9,11-13H2,1H3,(H,21,26)/t16-/m1/s1. The minimum atomic E-state index is -0.148. The summed E-state index contributed by atoms with van der Waals surface area (Å²) in [4.78, 5) is 23.1. The molecule has 6 nitrogen and oxygen atoms in total. The van der Waals surface area contributed by atoms with Gasteiger partial charge in [0.15, 0.2) is 0 Å². The Kier molecular flexibility index (Phi) is 4.67. The van der Waals surface area contributed by atoms with Gasteiger partial charge in [-0.2, -0.15) is 0 Å². The average molecular weight is 349 g/mol. The number of hydrogen-bond acceptors (Lipinski definition) is 4. The largest absolute Gasteiger partial charge is 0.349 e. The maximum Gasteiger partial charge on any atom is 0.271 e. The molecule has 3 heterocycles. The summed E-state index contributed by atoms with van der Waals surface area (Å²) in [6.45, 7) is 5.80. The van der Waals surface area contributed by atoms with Crippen molar-refractivity contribution in [2.24, 2.45) is 0 Å². The minimum Gasteiger partial charge on any atom is -0.349 e. The van der Waals surface area contributed by atoms with E-state index in [1.165, 1.54) is 17.5 Å². The first-order chi connectivity index (χ1) is 12.7. The number of amides is 1. The smallest absolute Gasteiger partial charge is 0.271 e. The summed E-state index contributed by atoms with van der Waals surface area (Å²) in [6, 6.07) is 10.4. The molecule has 1 N–H and O–H groups in total. The lowest BCUT2D eigenvalue weighted by molar-refractivity contribution is 0.0945. The van der Waals surface area contributed by atoms with Crippen LogP contribution in [0.4, 0.5) is 0 Å². The number of likely N-dealkylation sites (tertiary alicyclic amines) is 1. The van der Waals surface area contributed by atoms with Gasteiger partial charge in [0.2, 0.25) is 5.78 Å². The zero-order valence-corrected chi connectivity index (χ0v) is 14.9. The number of imidazole rings is 1. The predicted octanol–water partition coefficient (Wildman–Crippen LogP) is 2.26. The summed E-state index contributed by atoms with van der Waals surface area (Å²) in [5, 5.41) is 2.97. The molecule has 0 bridgehead atoms. The molecule has 0 saturated carbocycles. The molecule has 134 valence electrons. The van der Waals surface area contributed by atoms with Crippen molar-refractivity contribution in [2.45, 2.75) is 19.3 Å². The van der Waals surface area contributed by atoms with Gasteiger partial charge >= 0.3 is 0 Å². The van der Waals surface area contributed by atoms with Crippen molar-refractivity contribution in [3.63, 3.8) is 0 Å². The van der Waals surface area contributed by atoms with Gasteiger partial charge in [0.1, 0.15) is 5.69 Å². The highest BCUT2D eigenvalue weighted by Gasteiger charge is 2.24. The fourth-order valence-electron chi connectivity index (χ4n) is 3.69. The number of benzene rings is 1. The molecule has 0 radical (unpaired) electrons. The van der Waals surface area contributed by atoms with E-state index in [1.807, 2.05) is 12.3 Å². The van der Waals surface area contributed by atoms with Gasteiger partial charge in [0, 0.05) is 38.2 Å². The second-order valence-electron chi connectivity index (χ2n) is 6.85. The third kappa shape index (κ3) is 3.46. The number of nitrogens with one attached hydrogen (secondary N) is 1. The Morgan fingerprint density at radius 3 is 3.04 bits per heavy atom. The van der Waals surface area contributed by atoms with Crippen molar-refractivity contribution < 1.29 is 4.79 Å². The van der Waals surface area contributed by atoms with Crippen LogP contribution in [-0.2, 0) is 0 Å². The third-order valence-electron chi connectivity index (χ3n) is 5.08. The fourth-order valence-corrected chi connectivity index (χ4v) is 3.69. The molecule has 6 heteroatoms. The van der Waals surface area contributed by atoms with Crippen LogP contribution in [0.25, 0.3) is 5.78 Å². The third-order valence-corrected chi connectivity index (χ3v) is 5.08. The molecule has 1 aliphatic rings. The summed E-state index contributed by atoms with van der Waals surface area (Å²) in [5.41, 5.74) is 3.23. The van der Waals surface area contributed by atoms with E-state index in [0.717, 1.165) is 19.6 Å². The normalized spacial score (nSPS) is 17.7. The summed E-state index contributed by atoms with van der Waals surface area (Å²) in [5.74, 6) is 0.986. The van der Waals surface area contributed by atoms with Crippen molar-refractivity contribution >= 4 is 11.7 Å². The maximum atomic E-state index is 12.3. The summed E-state index contributed by atoms with van der Waals surface area (Å²) >= 11 is 0. The number of carbonyl (C=O) groups is 1. The van der Waals surface area contributed by atoms with E-state index >= 15 is 0 Å². The molecule has 1 fully saturated rings. The molecular weight excluding hydrogens is 326 g/mol. The molecule has 3 aromatic rings. The van der Waals surface area contributed by atoms with Crippen molar-refractivity contribution in [3.05, 3.63) is 65.7 Å². The Morgan fingerprint density at radius 1 is 1.31 bits per heavy atom. The van der Waals surface area contributed by atoms with Crippen LogP contribution >= 0.6 is 0 Å². The molecule has 0 spiro atoms. The van der Waals surface area contributed by atoms with E-state index in [0.29, 0.717) is 23.9 Å². The number of carbonyl (C=O) groups excluding carboxylic acids is 1. The van der Waals surface area contributed by atoms with Crippen molar-refractivity contribution in [1.29, 1.82) is 0 Å². The minimum absolute atomic E-state index is 0.148. The van der Waals surface area contributed by atoms with E-state index < -0.39 is 0 Å². The number of nitrogens with zero attached hydrogens (tertiary/aromatic N) is 4.